The van der Waals surface area contributed by atoms with E-state index in [0.29, 0.717) is 31.2 Å². The van der Waals surface area contributed by atoms with Crippen LogP contribution in [-0.2, 0) is 29.4 Å². The average Bonchev–Trinajstić information content (AvgIpc) is 3.26. The van der Waals surface area contributed by atoms with Gasteiger partial charge in [-0.2, -0.15) is 5.10 Å². The molecule has 0 amide bonds. The van der Waals surface area contributed by atoms with Crippen molar-refractivity contribution in [3.05, 3.63) is 59.9 Å². The number of fused-ring (bicyclic) bond motifs is 1. The fraction of sp³-hybridized carbons (Fsp3) is 0.407. The first-order valence-corrected chi connectivity index (χ1v) is 11.9. The van der Waals surface area contributed by atoms with Gasteiger partial charge in [0.05, 0.1) is 25.5 Å². The normalized spacial score (nSPS) is 11.7. The highest BCUT2D eigenvalue weighted by Gasteiger charge is 2.18. The van der Waals surface area contributed by atoms with E-state index < -0.39 is 0 Å². The average molecular weight is 491 g/mol. The Kier molecular flexibility index (Phi) is 7.81. The minimum Gasteiger partial charge on any atom is -0.496 e. The van der Waals surface area contributed by atoms with Crippen LogP contribution in [0, 0.1) is 0 Å². The summed E-state index contributed by atoms with van der Waals surface area (Å²) >= 11 is 0. The number of methoxy groups -OCH3 is 3. The number of pyridine rings is 1. The lowest BCUT2D eigenvalue weighted by Gasteiger charge is -2.23. The number of hydrogen-bond acceptors (Lipinski definition) is 8. The quantitative estimate of drug-likeness (QED) is 0.336. The lowest BCUT2D eigenvalue weighted by Crippen LogP contribution is -2.32. The van der Waals surface area contributed by atoms with E-state index in [0.717, 1.165) is 45.5 Å². The van der Waals surface area contributed by atoms with Gasteiger partial charge in [-0.15, -0.1) is 0 Å². The number of ether oxygens (including phenoxy) is 3. The molecule has 0 saturated carbocycles. The van der Waals surface area contributed by atoms with Gasteiger partial charge in [-0.05, 0) is 31.5 Å². The van der Waals surface area contributed by atoms with Gasteiger partial charge in [-0.25, -0.2) is 15.0 Å². The number of anilines is 1. The molecule has 36 heavy (non-hydrogen) atoms. The topological polar surface area (TPSA) is 96.2 Å². The first-order chi connectivity index (χ1) is 17.3. The maximum atomic E-state index is 5.76. The van der Waals surface area contributed by atoms with Crippen molar-refractivity contribution in [3.63, 3.8) is 0 Å². The molecule has 0 aliphatic carbocycles. The molecule has 0 aliphatic rings. The van der Waals surface area contributed by atoms with Crippen molar-refractivity contribution < 1.29 is 14.2 Å². The molecule has 4 aromatic rings. The lowest BCUT2D eigenvalue weighted by molar-refractivity contribution is 0.0343. The molecule has 3 heterocycles. The van der Waals surface area contributed by atoms with Crippen molar-refractivity contribution in [1.82, 2.24) is 24.7 Å². The lowest BCUT2D eigenvalue weighted by atomic mass is 10.0. The van der Waals surface area contributed by atoms with Gasteiger partial charge in [0.15, 0.2) is 5.82 Å². The van der Waals surface area contributed by atoms with Gasteiger partial charge in [0, 0.05) is 75.3 Å². The van der Waals surface area contributed by atoms with E-state index in [9.17, 15) is 0 Å². The summed E-state index contributed by atoms with van der Waals surface area (Å²) in [5.74, 6) is 2.19. The van der Waals surface area contributed by atoms with Crippen molar-refractivity contribution in [2.45, 2.75) is 32.3 Å². The van der Waals surface area contributed by atoms with Crippen LogP contribution in [0.4, 0.5) is 5.82 Å². The second kappa shape index (κ2) is 11.0. The van der Waals surface area contributed by atoms with Crippen molar-refractivity contribution in [2.24, 2.45) is 7.05 Å². The predicted molar refractivity (Wildman–Crippen MR) is 140 cm³/mol. The number of benzene rings is 1. The number of nitrogens with zero attached hydrogens (tertiary/aromatic N) is 5. The van der Waals surface area contributed by atoms with Crippen LogP contribution in [0.1, 0.15) is 30.9 Å². The van der Waals surface area contributed by atoms with Crippen LogP contribution < -0.4 is 10.1 Å². The molecule has 9 nitrogen and oxygen atoms in total. The Balaban J connectivity index is 1.61. The fourth-order valence-electron chi connectivity index (χ4n) is 4.00. The minimum absolute atomic E-state index is 0.327. The molecule has 3 aromatic heterocycles. The van der Waals surface area contributed by atoms with Crippen LogP contribution in [0.5, 0.6) is 5.75 Å². The van der Waals surface area contributed by atoms with E-state index in [4.69, 9.17) is 19.2 Å². The van der Waals surface area contributed by atoms with Crippen molar-refractivity contribution in [3.8, 4) is 16.9 Å². The number of aromatic nitrogens is 5. The molecule has 0 spiro atoms. The highest BCUT2D eigenvalue weighted by Crippen LogP contribution is 2.31. The van der Waals surface area contributed by atoms with Gasteiger partial charge in [0.2, 0.25) is 0 Å². The van der Waals surface area contributed by atoms with E-state index in [1.54, 1.807) is 27.5 Å². The van der Waals surface area contributed by atoms with Gasteiger partial charge in [0.1, 0.15) is 17.1 Å². The molecule has 190 valence electrons. The summed E-state index contributed by atoms with van der Waals surface area (Å²) in [6.07, 6.45) is 6.79. The Morgan fingerprint density at radius 2 is 1.89 bits per heavy atom. The molecule has 9 heteroatoms. The summed E-state index contributed by atoms with van der Waals surface area (Å²) in [6.45, 7) is 5.28. The SMILES string of the molecule is COCCc1c(-c2ccc(Cc3ncc4ccnc(NCC(C)(C)OC)c4n3)c(OC)c2)cnn1C. The summed E-state index contributed by atoms with van der Waals surface area (Å²) in [5, 5.41) is 8.74. The highest BCUT2D eigenvalue weighted by molar-refractivity contribution is 5.87. The molecular formula is C27H34N6O3. The first-order valence-electron chi connectivity index (χ1n) is 11.9. The zero-order valence-corrected chi connectivity index (χ0v) is 21.8. The molecule has 0 bridgehead atoms. The van der Waals surface area contributed by atoms with E-state index in [1.165, 1.54) is 0 Å². The van der Waals surface area contributed by atoms with Crippen LogP contribution in [0.3, 0.4) is 0 Å². The number of rotatable bonds is 11. The van der Waals surface area contributed by atoms with Crippen LogP contribution >= 0.6 is 0 Å². The Morgan fingerprint density at radius 1 is 1.06 bits per heavy atom. The zero-order valence-electron chi connectivity index (χ0n) is 21.8. The first kappa shape index (κ1) is 25.5. The van der Waals surface area contributed by atoms with Crippen LogP contribution in [0.15, 0.2) is 42.9 Å². The van der Waals surface area contributed by atoms with Gasteiger partial charge in [0.25, 0.3) is 0 Å². The molecular weight excluding hydrogens is 456 g/mol. The highest BCUT2D eigenvalue weighted by atomic mass is 16.5. The predicted octanol–water partition coefficient (Wildman–Crippen LogP) is 4.05. The summed E-state index contributed by atoms with van der Waals surface area (Å²) in [7, 11) is 7.04. The molecule has 0 aliphatic heterocycles. The van der Waals surface area contributed by atoms with Crippen LogP contribution in [-0.4, -0.2) is 64.8 Å². The fourth-order valence-corrected chi connectivity index (χ4v) is 4.00. The van der Waals surface area contributed by atoms with E-state index in [2.05, 4.69) is 32.5 Å². The largest absolute Gasteiger partial charge is 0.496 e. The molecule has 0 unspecified atom stereocenters. The Hall–Kier alpha value is -3.56. The van der Waals surface area contributed by atoms with Crippen LogP contribution in [0.25, 0.3) is 22.0 Å². The van der Waals surface area contributed by atoms with Crippen molar-refractivity contribution in [2.75, 3.05) is 39.8 Å². The standard InChI is InChI=1S/C27H34N6O3/c1-27(2,36-6)17-30-26-25-20(9-11-28-26)15-29-24(32-25)14-19-8-7-18(13-23(19)35-5)21-16-31-33(3)22(21)10-12-34-4/h7-9,11,13,15-16H,10,12,14,17H2,1-6H3,(H,28,30). The molecule has 1 N–H and O–H groups in total. The number of nitrogens with one attached hydrogen (secondary N) is 1. The Bertz CT molecular complexity index is 1330. The summed E-state index contributed by atoms with van der Waals surface area (Å²) in [6, 6.07) is 8.12. The van der Waals surface area contributed by atoms with Gasteiger partial charge < -0.3 is 19.5 Å². The third-order valence-electron chi connectivity index (χ3n) is 6.33. The summed E-state index contributed by atoms with van der Waals surface area (Å²) in [5.41, 5.74) is 4.69. The monoisotopic (exact) mass is 490 g/mol. The van der Waals surface area contributed by atoms with Gasteiger partial charge in [-0.3, -0.25) is 4.68 Å². The Morgan fingerprint density at radius 3 is 2.64 bits per heavy atom. The third-order valence-corrected chi connectivity index (χ3v) is 6.33. The third kappa shape index (κ3) is 5.63. The van der Waals surface area contributed by atoms with Gasteiger partial charge in [-0.1, -0.05) is 12.1 Å². The van der Waals surface area contributed by atoms with E-state index in [-0.39, 0.29) is 5.60 Å². The molecule has 0 radical (unpaired) electrons. The molecule has 1 aromatic carbocycles. The molecule has 0 fully saturated rings. The van der Waals surface area contributed by atoms with E-state index in [1.807, 2.05) is 50.1 Å². The van der Waals surface area contributed by atoms with E-state index >= 15 is 0 Å². The zero-order chi connectivity index (χ0) is 25.7. The van der Waals surface area contributed by atoms with Crippen molar-refractivity contribution >= 4 is 16.7 Å². The molecule has 0 atom stereocenters. The van der Waals surface area contributed by atoms with Crippen LogP contribution in [0.2, 0.25) is 0 Å². The smallest absolute Gasteiger partial charge is 0.152 e. The van der Waals surface area contributed by atoms with Crippen molar-refractivity contribution in [1.29, 1.82) is 0 Å². The number of aryl methyl sites for hydroxylation is 1. The molecule has 4 rings (SSSR count). The summed E-state index contributed by atoms with van der Waals surface area (Å²) < 4.78 is 18.4. The maximum absolute atomic E-state index is 5.76. The Labute approximate surface area is 211 Å². The maximum Gasteiger partial charge on any atom is 0.152 e. The number of hydrogen-bond donors (Lipinski definition) is 1. The second-order valence-electron chi connectivity index (χ2n) is 9.28. The second-order valence-corrected chi connectivity index (χ2v) is 9.28. The van der Waals surface area contributed by atoms with Gasteiger partial charge >= 0.3 is 0 Å². The minimum atomic E-state index is -0.327. The summed E-state index contributed by atoms with van der Waals surface area (Å²) in [4.78, 5) is 14.0. The molecule has 0 saturated heterocycles.